The predicted octanol–water partition coefficient (Wildman–Crippen LogP) is 1.71. The van der Waals surface area contributed by atoms with Crippen molar-refractivity contribution in [1.82, 2.24) is 0 Å². The van der Waals surface area contributed by atoms with Gasteiger partial charge in [-0.2, -0.15) is 0 Å². The first-order valence-electron chi connectivity index (χ1n) is 2.63. The zero-order chi connectivity index (χ0) is 6.20. The number of hydrogen-bond donors (Lipinski definition) is 1. The molecular weight excluding hydrogens is 283 g/mol. The van der Waals surface area contributed by atoms with E-state index in [0.717, 1.165) is 10.3 Å². The lowest BCUT2D eigenvalue weighted by molar-refractivity contribution is 0.286. The van der Waals surface area contributed by atoms with Gasteiger partial charge >= 0.3 is 0 Å². The van der Waals surface area contributed by atoms with Gasteiger partial charge in [0, 0.05) is 14.9 Å². The largest absolute Gasteiger partial charge is 0.396 e. The van der Waals surface area contributed by atoms with E-state index in [-0.39, 0.29) is 0 Å². The van der Waals surface area contributed by atoms with Gasteiger partial charge < -0.3 is 5.11 Å². The van der Waals surface area contributed by atoms with Crippen LogP contribution in [0.25, 0.3) is 0 Å². The molecule has 0 saturated heterocycles. The van der Waals surface area contributed by atoms with E-state index in [1.54, 1.807) is 0 Å². The monoisotopic (exact) mass is 290 g/mol. The van der Waals surface area contributed by atoms with Crippen LogP contribution < -0.4 is 0 Å². The summed E-state index contributed by atoms with van der Waals surface area (Å²) in [4.78, 5) is 0. The summed E-state index contributed by atoms with van der Waals surface area (Å²) in [6.07, 6.45) is 2.12. The second-order valence-electron chi connectivity index (χ2n) is 2.18. The van der Waals surface area contributed by atoms with Crippen LogP contribution in [0.15, 0.2) is 0 Å². The van der Waals surface area contributed by atoms with Crippen molar-refractivity contribution < 1.29 is 5.11 Å². The fraction of sp³-hybridized carbons (Fsp3) is 1.00. The number of alkyl halides is 2. The third kappa shape index (κ3) is 1.36. The van der Waals surface area contributed by atoms with Gasteiger partial charge in [-0.05, 0) is 12.8 Å². The Hall–Kier alpha value is 1.17. The van der Waals surface area contributed by atoms with Crippen LogP contribution in [0.1, 0.15) is 12.8 Å². The Morgan fingerprint density at radius 3 is 2.50 bits per heavy atom. The first-order chi connectivity index (χ1) is 3.69. The summed E-state index contributed by atoms with van der Waals surface area (Å²) < 4.78 is 1.05. The molecule has 0 bridgehead atoms. The second kappa shape index (κ2) is 2.42. The summed E-state index contributed by atoms with van der Waals surface area (Å²) in [5, 5.41) is 8.53. The molecule has 0 aliphatic heterocycles. The molecule has 0 spiro atoms. The van der Waals surface area contributed by atoms with E-state index in [2.05, 4.69) is 38.5 Å². The fourth-order valence-corrected chi connectivity index (χ4v) is 2.89. The van der Waals surface area contributed by atoms with Gasteiger partial charge in [0.25, 0.3) is 0 Å². The molecule has 0 radical (unpaired) electrons. The van der Waals surface area contributed by atoms with E-state index >= 15 is 0 Å². The lowest BCUT2D eigenvalue weighted by atomic mass is 10.3. The van der Waals surface area contributed by atoms with E-state index in [9.17, 15) is 0 Å². The smallest absolute Gasteiger partial charge is 0.0444 e. The lowest BCUT2D eigenvalue weighted by Gasteiger charge is -2.00. The molecule has 1 N–H and O–H groups in total. The summed E-state index contributed by atoms with van der Waals surface area (Å²) in [5.41, 5.74) is 0. The van der Waals surface area contributed by atoms with Crippen molar-refractivity contribution in [2.45, 2.75) is 21.1 Å². The highest BCUT2D eigenvalue weighted by atomic mass is 127. The van der Waals surface area contributed by atoms with Crippen molar-refractivity contribution in [3.05, 3.63) is 0 Å². The van der Waals surface area contributed by atoms with Crippen LogP contribution in [-0.4, -0.2) is 20.0 Å². The van der Waals surface area contributed by atoms with Gasteiger partial charge in [-0.15, -0.1) is 0 Å². The highest BCUT2D eigenvalue weighted by molar-refractivity contribution is 14.1. The van der Waals surface area contributed by atoms with Crippen LogP contribution in [-0.2, 0) is 0 Å². The minimum absolute atomic E-state index is 0.308. The normalized spacial score (nSPS) is 44.6. The summed E-state index contributed by atoms with van der Waals surface area (Å²) in [6.45, 7) is 0.310. The molecule has 0 heterocycles. The van der Waals surface area contributed by atoms with Crippen molar-refractivity contribution in [1.29, 1.82) is 0 Å². The van der Waals surface area contributed by atoms with Crippen LogP contribution in [0, 0.1) is 0 Å². The highest BCUT2D eigenvalue weighted by Gasteiger charge is 2.49. The molecule has 1 aliphatic rings. The van der Waals surface area contributed by atoms with Crippen molar-refractivity contribution >= 4 is 38.5 Å². The number of rotatable bonds is 2. The predicted molar refractivity (Wildman–Crippen MR) is 45.8 cm³/mol. The van der Waals surface area contributed by atoms with Crippen LogP contribution in [0.4, 0.5) is 0 Å². The zero-order valence-corrected chi connectivity index (χ0v) is 8.15. The summed E-state index contributed by atoms with van der Waals surface area (Å²) in [5.74, 6) is 0. The van der Waals surface area contributed by atoms with E-state index in [1.807, 2.05) is 0 Å². The van der Waals surface area contributed by atoms with Crippen LogP contribution in [0.2, 0.25) is 0 Å². The molecule has 3 heteroatoms. The SMILES string of the molecule is OCCC1(Br)CC1I. The number of halogens is 2. The van der Waals surface area contributed by atoms with E-state index in [4.69, 9.17) is 5.11 Å². The van der Waals surface area contributed by atoms with Gasteiger partial charge in [0.2, 0.25) is 0 Å². The second-order valence-corrected chi connectivity index (χ2v) is 5.26. The molecule has 1 rings (SSSR count). The molecule has 0 aromatic heterocycles. The minimum atomic E-state index is 0.308. The van der Waals surface area contributed by atoms with Gasteiger partial charge in [-0.1, -0.05) is 38.5 Å². The van der Waals surface area contributed by atoms with Crippen molar-refractivity contribution in [2.75, 3.05) is 6.61 Å². The third-order valence-electron chi connectivity index (χ3n) is 1.45. The van der Waals surface area contributed by atoms with Crippen molar-refractivity contribution in [2.24, 2.45) is 0 Å². The molecule has 48 valence electrons. The molecule has 2 atom stereocenters. The Morgan fingerprint density at radius 2 is 2.38 bits per heavy atom. The first-order valence-corrected chi connectivity index (χ1v) is 4.67. The van der Waals surface area contributed by atoms with Crippen molar-refractivity contribution in [3.8, 4) is 0 Å². The van der Waals surface area contributed by atoms with Crippen LogP contribution in [0.5, 0.6) is 0 Å². The number of aliphatic hydroxyl groups excluding tert-OH is 1. The lowest BCUT2D eigenvalue weighted by Crippen LogP contribution is -2.03. The molecule has 1 saturated carbocycles. The maximum Gasteiger partial charge on any atom is 0.0444 e. The van der Waals surface area contributed by atoms with Gasteiger partial charge in [0.15, 0.2) is 0 Å². The standard InChI is InChI=1S/C5H8BrIO/c6-5(1-2-8)3-4(5)7/h4,8H,1-3H2. The molecule has 8 heavy (non-hydrogen) atoms. The third-order valence-corrected chi connectivity index (χ3v) is 5.21. The Morgan fingerprint density at radius 1 is 1.88 bits per heavy atom. The minimum Gasteiger partial charge on any atom is -0.396 e. The summed E-state index contributed by atoms with van der Waals surface area (Å²) in [7, 11) is 0. The average molecular weight is 291 g/mol. The zero-order valence-electron chi connectivity index (χ0n) is 4.40. The number of hydrogen-bond acceptors (Lipinski definition) is 1. The summed E-state index contributed by atoms with van der Waals surface area (Å²) >= 11 is 5.95. The van der Waals surface area contributed by atoms with Crippen LogP contribution in [0.3, 0.4) is 0 Å². The molecule has 0 aromatic carbocycles. The summed E-state index contributed by atoms with van der Waals surface area (Å²) in [6, 6.07) is 0. The van der Waals surface area contributed by atoms with Gasteiger partial charge in [-0.3, -0.25) is 0 Å². The van der Waals surface area contributed by atoms with Crippen molar-refractivity contribution in [3.63, 3.8) is 0 Å². The Kier molecular flexibility index (Phi) is 2.20. The molecule has 2 unspecified atom stereocenters. The molecule has 0 aromatic rings. The van der Waals surface area contributed by atoms with E-state index < -0.39 is 0 Å². The van der Waals surface area contributed by atoms with Crippen LogP contribution >= 0.6 is 38.5 Å². The molecule has 0 amide bonds. The van der Waals surface area contributed by atoms with E-state index in [0.29, 0.717) is 10.9 Å². The fourth-order valence-electron chi connectivity index (χ4n) is 0.684. The first kappa shape index (κ1) is 7.28. The quantitative estimate of drug-likeness (QED) is 0.606. The van der Waals surface area contributed by atoms with Gasteiger partial charge in [0.05, 0.1) is 0 Å². The number of aliphatic hydroxyl groups is 1. The Labute approximate surface area is 71.1 Å². The van der Waals surface area contributed by atoms with E-state index in [1.165, 1.54) is 6.42 Å². The molecular formula is C5H8BrIO. The molecule has 1 nitrogen and oxygen atoms in total. The molecule has 1 fully saturated rings. The molecule has 1 aliphatic carbocycles. The highest BCUT2D eigenvalue weighted by Crippen LogP contribution is 2.52. The average Bonchev–Trinajstić information content (AvgIpc) is 2.16. The Bertz CT molecular complexity index is 98.4. The van der Waals surface area contributed by atoms with Gasteiger partial charge in [0.1, 0.15) is 0 Å². The maximum absolute atomic E-state index is 8.53. The maximum atomic E-state index is 8.53. The Balaban J connectivity index is 2.25. The van der Waals surface area contributed by atoms with Gasteiger partial charge in [-0.25, -0.2) is 0 Å². The topological polar surface area (TPSA) is 20.2 Å².